The standard InChI is InChI=1S/C23H24FNO2/c1-2-27-23(26)22-20(21(22)16-5-3-4-6-17(16)24)15-11-18(13-7-8-13)25-19(12-15)14-9-10-14/h3-6,11-14,20-22H,2,7-10H2,1H3/t20-,21-,22+/m1/s1. The lowest BCUT2D eigenvalue weighted by Crippen LogP contribution is -2.08. The number of halogens is 1. The average Bonchev–Trinajstić information content (AvgIpc) is 3.56. The van der Waals surface area contributed by atoms with Crippen molar-refractivity contribution in [1.29, 1.82) is 0 Å². The normalized spacial score (nSPS) is 26.7. The summed E-state index contributed by atoms with van der Waals surface area (Å²) >= 11 is 0. The fourth-order valence-electron chi connectivity index (χ4n) is 4.36. The maximum Gasteiger partial charge on any atom is 0.310 e. The van der Waals surface area contributed by atoms with Crippen LogP contribution in [0.1, 0.15) is 78.8 Å². The van der Waals surface area contributed by atoms with Crippen molar-refractivity contribution in [3.63, 3.8) is 0 Å². The minimum atomic E-state index is -0.302. The van der Waals surface area contributed by atoms with Crippen LogP contribution in [0.3, 0.4) is 0 Å². The van der Waals surface area contributed by atoms with Crippen LogP contribution in [0.4, 0.5) is 4.39 Å². The van der Waals surface area contributed by atoms with Crippen molar-refractivity contribution >= 4 is 5.97 Å². The summed E-state index contributed by atoms with van der Waals surface area (Å²) in [4.78, 5) is 17.5. The van der Waals surface area contributed by atoms with Gasteiger partial charge in [0.15, 0.2) is 0 Å². The Morgan fingerprint density at radius 1 is 1.07 bits per heavy atom. The van der Waals surface area contributed by atoms with E-state index in [0.29, 0.717) is 24.0 Å². The number of rotatable bonds is 6. The number of hydrogen-bond acceptors (Lipinski definition) is 3. The van der Waals surface area contributed by atoms with Crippen LogP contribution < -0.4 is 0 Å². The van der Waals surface area contributed by atoms with Crippen LogP contribution in [0.15, 0.2) is 36.4 Å². The summed E-state index contributed by atoms with van der Waals surface area (Å²) in [7, 11) is 0. The molecule has 1 heterocycles. The van der Waals surface area contributed by atoms with Gasteiger partial charge in [-0.1, -0.05) is 18.2 Å². The van der Waals surface area contributed by atoms with Gasteiger partial charge < -0.3 is 4.74 Å². The summed E-state index contributed by atoms with van der Waals surface area (Å²) in [6, 6.07) is 11.1. The van der Waals surface area contributed by atoms with Crippen molar-refractivity contribution in [1.82, 2.24) is 4.98 Å². The third-order valence-electron chi connectivity index (χ3n) is 6.11. The van der Waals surface area contributed by atoms with Gasteiger partial charge in [0.25, 0.3) is 0 Å². The Bertz CT molecular complexity index is 857. The molecule has 3 saturated carbocycles. The number of hydrogen-bond donors (Lipinski definition) is 0. The molecule has 4 heteroatoms. The summed E-state index contributed by atoms with van der Waals surface area (Å²) in [6.45, 7) is 2.17. The van der Waals surface area contributed by atoms with Crippen molar-refractivity contribution in [3.8, 4) is 0 Å². The van der Waals surface area contributed by atoms with Crippen LogP contribution in [0.25, 0.3) is 0 Å². The smallest absolute Gasteiger partial charge is 0.310 e. The molecule has 0 spiro atoms. The van der Waals surface area contributed by atoms with E-state index in [-0.39, 0.29) is 29.5 Å². The number of aromatic nitrogens is 1. The first-order valence-electron chi connectivity index (χ1n) is 10.1. The zero-order valence-electron chi connectivity index (χ0n) is 15.5. The molecule has 3 nitrogen and oxygen atoms in total. The second kappa shape index (κ2) is 6.43. The van der Waals surface area contributed by atoms with Crippen LogP contribution in [-0.4, -0.2) is 17.6 Å². The predicted octanol–water partition coefficient (Wildman–Crippen LogP) is 5.04. The van der Waals surface area contributed by atoms with Gasteiger partial charge >= 0.3 is 5.97 Å². The largest absolute Gasteiger partial charge is 0.466 e. The summed E-state index contributed by atoms with van der Waals surface area (Å²) in [5, 5.41) is 0. The summed E-state index contributed by atoms with van der Waals surface area (Å²) in [6.07, 6.45) is 4.79. The van der Waals surface area contributed by atoms with Gasteiger partial charge in [0.1, 0.15) is 5.82 Å². The molecule has 2 aromatic rings. The second-order valence-electron chi connectivity index (χ2n) is 8.15. The fourth-order valence-corrected chi connectivity index (χ4v) is 4.36. The Balaban J connectivity index is 1.53. The molecule has 0 radical (unpaired) electrons. The van der Waals surface area contributed by atoms with E-state index in [4.69, 9.17) is 9.72 Å². The molecule has 0 unspecified atom stereocenters. The van der Waals surface area contributed by atoms with E-state index in [9.17, 15) is 9.18 Å². The van der Waals surface area contributed by atoms with Gasteiger partial charge in [-0.3, -0.25) is 9.78 Å². The number of pyridine rings is 1. The molecule has 27 heavy (non-hydrogen) atoms. The minimum Gasteiger partial charge on any atom is -0.466 e. The molecule has 1 aromatic heterocycles. The number of ether oxygens (including phenoxy) is 1. The molecule has 1 aromatic carbocycles. The van der Waals surface area contributed by atoms with Crippen LogP contribution >= 0.6 is 0 Å². The molecule has 0 aliphatic heterocycles. The molecular weight excluding hydrogens is 341 g/mol. The van der Waals surface area contributed by atoms with Crippen LogP contribution in [0.2, 0.25) is 0 Å². The zero-order valence-corrected chi connectivity index (χ0v) is 15.5. The highest BCUT2D eigenvalue weighted by molar-refractivity contribution is 5.80. The van der Waals surface area contributed by atoms with Gasteiger partial charge in [-0.15, -0.1) is 0 Å². The number of carbonyl (C=O) groups excluding carboxylic acids is 1. The molecule has 3 fully saturated rings. The van der Waals surface area contributed by atoms with Gasteiger partial charge in [-0.25, -0.2) is 4.39 Å². The highest BCUT2D eigenvalue weighted by Gasteiger charge is 2.58. The lowest BCUT2D eigenvalue weighted by Gasteiger charge is -2.09. The van der Waals surface area contributed by atoms with E-state index >= 15 is 0 Å². The fraction of sp³-hybridized carbons (Fsp3) is 0.478. The van der Waals surface area contributed by atoms with Crippen molar-refractivity contribution in [2.75, 3.05) is 6.61 Å². The molecule has 3 aliphatic rings. The Labute approximate surface area is 159 Å². The van der Waals surface area contributed by atoms with Gasteiger partial charge in [-0.2, -0.15) is 0 Å². The maximum absolute atomic E-state index is 14.5. The molecule has 5 rings (SSSR count). The summed E-state index contributed by atoms with van der Waals surface area (Å²) < 4.78 is 19.8. The second-order valence-corrected chi connectivity index (χ2v) is 8.15. The van der Waals surface area contributed by atoms with Gasteiger partial charge in [-0.05, 0) is 61.9 Å². The predicted molar refractivity (Wildman–Crippen MR) is 100 cm³/mol. The first-order valence-corrected chi connectivity index (χ1v) is 10.1. The first-order chi connectivity index (χ1) is 13.2. The van der Waals surface area contributed by atoms with Crippen LogP contribution in [0, 0.1) is 11.7 Å². The molecule has 0 amide bonds. The van der Waals surface area contributed by atoms with E-state index < -0.39 is 0 Å². The molecule has 0 bridgehead atoms. The van der Waals surface area contributed by atoms with Crippen LogP contribution in [0.5, 0.6) is 0 Å². The maximum atomic E-state index is 14.5. The van der Waals surface area contributed by atoms with E-state index in [0.717, 1.165) is 17.0 Å². The SMILES string of the molecule is CCOC(=O)[C@H]1[C@H](c2cc(C3CC3)nc(C3CC3)c2)[C@H]1c1ccccc1F. The van der Waals surface area contributed by atoms with Gasteiger partial charge in [0, 0.05) is 35.1 Å². The third kappa shape index (κ3) is 3.15. The third-order valence-corrected chi connectivity index (χ3v) is 6.11. The average molecular weight is 365 g/mol. The molecule has 3 atom stereocenters. The monoisotopic (exact) mass is 365 g/mol. The molecule has 0 saturated heterocycles. The molecule has 3 aliphatic carbocycles. The van der Waals surface area contributed by atoms with E-state index in [1.165, 1.54) is 31.7 Å². The van der Waals surface area contributed by atoms with Crippen molar-refractivity contribution in [3.05, 3.63) is 64.7 Å². The molecular formula is C23H24FNO2. The Morgan fingerprint density at radius 3 is 2.26 bits per heavy atom. The Kier molecular flexibility index (Phi) is 4.03. The Morgan fingerprint density at radius 2 is 1.70 bits per heavy atom. The van der Waals surface area contributed by atoms with Crippen molar-refractivity contribution < 1.29 is 13.9 Å². The topological polar surface area (TPSA) is 39.2 Å². The number of benzene rings is 1. The van der Waals surface area contributed by atoms with Gasteiger partial charge in [0.05, 0.1) is 12.5 Å². The molecule has 0 N–H and O–H groups in total. The number of carbonyl (C=O) groups is 1. The summed E-state index contributed by atoms with van der Waals surface area (Å²) in [5.74, 6) is 0.212. The van der Waals surface area contributed by atoms with E-state index in [1.54, 1.807) is 12.1 Å². The number of nitrogens with zero attached hydrogens (tertiary/aromatic N) is 1. The van der Waals surface area contributed by atoms with E-state index in [1.807, 2.05) is 13.0 Å². The lowest BCUT2D eigenvalue weighted by molar-refractivity contribution is -0.144. The van der Waals surface area contributed by atoms with E-state index in [2.05, 4.69) is 12.1 Å². The lowest BCUT2D eigenvalue weighted by atomic mass is 10.0. The first kappa shape index (κ1) is 16.9. The van der Waals surface area contributed by atoms with Crippen molar-refractivity contribution in [2.45, 2.75) is 56.3 Å². The number of esters is 1. The minimum absolute atomic E-state index is 0.0149. The zero-order chi connectivity index (χ0) is 18.5. The highest BCUT2D eigenvalue weighted by Crippen LogP contribution is 2.62. The highest BCUT2D eigenvalue weighted by atomic mass is 19.1. The quantitative estimate of drug-likeness (QED) is 0.674. The Hall–Kier alpha value is -2.23. The summed E-state index contributed by atoms with van der Waals surface area (Å²) in [5.41, 5.74) is 4.09. The molecule has 140 valence electrons. The van der Waals surface area contributed by atoms with Gasteiger partial charge in [0.2, 0.25) is 0 Å². The van der Waals surface area contributed by atoms with Crippen molar-refractivity contribution in [2.24, 2.45) is 5.92 Å². The van der Waals surface area contributed by atoms with Crippen LogP contribution in [-0.2, 0) is 9.53 Å².